The molecular formula is C28H22N2O2. The zero-order valence-electron chi connectivity index (χ0n) is 17.5. The fraction of sp³-hybridized carbons (Fsp3) is 0.214. The van der Waals surface area contributed by atoms with Gasteiger partial charge in [0.05, 0.1) is 11.8 Å². The van der Waals surface area contributed by atoms with Gasteiger partial charge in [0.25, 0.3) is 0 Å². The number of likely N-dealkylation sites (tertiary alicyclic amines) is 1. The van der Waals surface area contributed by atoms with Crippen LogP contribution in [0.4, 0.5) is 0 Å². The summed E-state index contributed by atoms with van der Waals surface area (Å²) in [6.45, 7) is 0.429. The van der Waals surface area contributed by atoms with Gasteiger partial charge in [-0.25, -0.2) is 0 Å². The number of rotatable bonds is 3. The highest BCUT2D eigenvalue weighted by Gasteiger charge is 2.61. The quantitative estimate of drug-likeness (QED) is 0.494. The third-order valence-corrected chi connectivity index (χ3v) is 7.82. The molecule has 2 heterocycles. The van der Waals surface area contributed by atoms with Crippen LogP contribution in [0.2, 0.25) is 0 Å². The molecule has 32 heavy (non-hydrogen) atoms. The molecule has 2 amide bonds. The zero-order valence-corrected chi connectivity index (χ0v) is 17.5. The number of aromatic amines is 1. The smallest absolute Gasteiger partial charge is 0.234 e. The Morgan fingerprint density at radius 2 is 1.19 bits per heavy atom. The highest BCUT2D eigenvalue weighted by atomic mass is 16.2. The van der Waals surface area contributed by atoms with Gasteiger partial charge in [0, 0.05) is 35.5 Å². The number of benzene rings is 3. The molecule has 4 aliphatic rings. The summed E-state index contributed by atoms with van der Waals surface area (Å²) in [5.74, 6) is -0.655. The summed E-state index contributed by atoms with van der Waals surface area (Å²) in [5, 5.41) is 1.16. The maximum Gasteiger partial charge on any atom is 0.234 e. The SMILES string of the molecule is O=C1C2C3c4ccccc4C(c4ccccc43)C2C(=O)N1CCc1c[nH]c2ccccc12. The minimum absolute atomic E-state index is 0.00107. The standard InChI is InChI=1S/C28H22N2O2/c31-27-25-23-18-8-1-2-9-19(18)24(21-11-4-3-10-20(21)23)26(25)28(32)30(27)14-13-16-15-29-22-12-6-5-7-17(16)22/h1-12,15,23-26,29H,13-14H2. The van der Waals surface area contributed by atoms with E-state index in [1.165, 1.54) is 22.3 Å². The van der Waals surface area contributed by atoms with E-state index in [-0.39, 0.29) is 35.5 Å². The maximum absolute atomic E-state index is 13.7. The molecule has 4 aromatic rings. The van der Waals surface area contributed by atoms with Crippen LogP contribution < -0.4 is 0 Å². The number of hydrogen-bond donors (Lipinski definition) is 1. The second-order valence-electron chi connectivity index (χ2n) is 9.20. The molecule has 8 rings (SSSR count). The molecule has 4 nitrogen and oxygen atoms in total. The first-order chi connectivity index (χ1) is 15.7. The van der Waals surface area contributed by atoms with Gasteiger partial charge in [0.1, 0.15) is 0 Å². The van der Waals surface area contributed by atoms with E-state index < -0.39 is 0 Å². The molecule has 156 valence electrons. The van der Waals surface area contributed by atoms with Crippen LogP contribution in [-0.2, 0) is 16.0 Å². The minimum atomic E-state index is -0.291. The normalized spacial score (nSPS) is 25.2. The second kappa shape index (κ2) is 6.42. The molecule has 0 saturated carbocycles. The van der Waals surface area contributed by atoms with Crippen LogP contribution in [0.15, 0.2) is 79.0 Å². The number of nitrogens with one attached hydrogen (secondary N) is 1. The van der Waals surface area contributed by atoms with Crippen molar-refractivity contribution < 1.29 is 9.59 Å². The van der Waals surface area contributed by atoms with Crippen molar-refractivity contribution in [1.29, 1.82) is 0 Å². The van der Waals surface area contributed by atoms with Crippen molar-refractivity contribution in [2.24, 2.45) is 11.8 Å². The van der Waals surface area contributed by atoms with Crippen molar-refractivity contribution in [3.05, 3.63) is 107 Å². The van der Waals surface area contributed by atoms with E-state index in [1.807, 2.05) is 48.7 Å². The van der Waals surface area contributed by atoms with Gasteiger partial charge < -0.3 is 4.98 Å². The topological polar surface area (TPSA) is 53.2 Å². The van der Waals surface area contributed by atoms with Crippen molar-refractivity contribution >= 4 is 22.7 Å². The van der Waals surface area contributed by atoms with Crippen LogP contribution in [-0.4, -0.2) is 28.2 Å². The second-order valence-corrected chi connectivity index (χ2v) is 9.20. The molecule has 2 atom stereocenters. The average molecular weight is 418 g/mol. The average Bonchev–Trinajstić information content (AvgIpc) is 3.36. The Morgan fingerprint density at radius 3 is 1.75 bits per heavy atom. The summed E-state index contributed by atoms with van der Waals surface area (Å²) < 4.78 is 0. The van der Waals surface area contributed by atoms with Crippen molar-refractivity contribution in [2.45, 2.75) is 18.3 Å². The lowest BCUT2D eigenvalue weighted by Crippen LogP contribution is -2.41. The fourth-order valence-corrected chi connectivity index (χ4v) is 6.53. The Hall–Kier alpha value is -3.66. The van der Waals surface area contributed by atoms with Crippen LogP contribution >= 0.6 is 0 Å². The van der Waals surface area contributed by atoms with Crippen molar-refractivity contribution in [1.82, 2.24) is 9.88 Å². The zero-order chi connectivity index (χ0) is 21.4. The highest BCUT2D eigenvalue weighted by molar-refractivity contribution is 6.07. The van der Waals surface area contributed by atoms with E-state index >= 15 is 0 Å². The van der Waals surface area contributed by atoms with Gasteiger partial charge in [-0.3, -0.25) is 14.5 Å². The third-order valence-electron chi connectivity index (χ3n) is 7.82. The Bertz CT molecular complexity index is 1300. The highest BCUT2D eigenvalue weighted by Crippen LogP contribution is 2.60. The van der Waals surface area contributed by atoms with Gasteiger partial charge in [-0.1, -0.05) is 66.7 Å². The van der Waals surface area contributed by atoms with Gasteiger partial charge in [0.15, 0.2) is 0 Å². The predicted molar refractivity (Wildman–Crippen MR) is 122 cm³/mol. The van der Waals surface area contributed by atoms with E-state index in [1.54, 1.807) is 4.90 Å². The largest absolute Gasteiger partial charge is 0.361 e. The molecule has 1 saturated heterocycles. The van der Waals surface area contributed by atoms with Gasteiger partial charge in [-0.2, -0.15) is 0 Å². The van der Waals surface area contributed by atoms with Gasteiger partial charge in [0.2, 0.25) is 11.8 Å². The molecule has 0 spiro atoms. The molecule has 0 radical (unpaired) electrons. The van der Waals surface area contributed by atoms with Gasteiger partial charge in [-0.05, 0) is 40.3 Å². The Balaban J connectivity index is 1.27. The van der Waals surface area contributed by atoms with Crippen molar-refractivity contribution in [3.8, 4) is 0 Å². The number of carbonyl (C=O) groups excluding carboxylic acids is 2. The molecule has 2 bridgehead atoms. The summed E-state index contributed by atoms with van der Waals surface area (Å²) in [4.78, 5) is 32.2. The number of aromatic nitrogens is 1. The number of carbonyl (C=O) groups is 2. The molecule has 4 heteroatoms. The summed E-state index contributed by atoms with van der Waals surface area (Å²) >= 11 is 0. The number of para-hydroxylation sites is 1. The third kappa shape index (κ3) is 2.22. The molecule has 1 aromatic heterocycles. The first kappa shape index (κ1) is 18.0. The Kier molecular flexibility index (Phi) is 3.61. The Morgan fingerprint density at radius 1 is 0.688 bits per heavy atom. The number of imide groups is 1. The molecule has 2 unspecified atom stereocenters. The molecule has 3 aromatic carbocycles. The number of nitrogens with zero attached hydrogens (tertiary/aromatic N) is 1. The van der Waals surface area contributed by atoms with E-state index in [9.17, 15) is 9.59 Å². The summed E-state index contributed by atoms with van der Waals surface area (Å²) in [6, 6.07) is 24.9. The first-order valence-electron chi connectivity index (χ1n) is 11.3. The van der Waals surface area contributed by atoms with Crippen LogP contribution in [0.3, 0.4) is 0 Å². The molecule has 1 aliphatic heterocycles. The van der Waals surface area contributed by atoms with Crippen LogP contribution in [0, 0.1) is 11.8 Å². The fourth-order valence-electron chi connectivity index (χ4n) is 6.53. The summed E-state index contributed by atoms with van der Waals surface area (Å²) in [6.07, 6.45) is 2.66. The number of H-pyrrole nitrogens is 1. The lowest BCUT2D eigenvalue weighted by Gasteiger charge is -2.45. The van der Waals surface area contributed by atoms with E-state index in [4.69, 9.17) is 0 Å². The maximum atomic E-state index is 13.7. The first-order valence-corrected chi connectivity index (χ1v) is 11.3. The van der Waals surface area contributed by atoms with Crippen molar-refractivity contribution in [3.63, 3.8) is 0 Å². The van der Waals surface area contributed by atoms with E-state index in [2.05, 4.69) is 35.3 Å². The number of fused-ring (bicyclic) bond motifs is 1. The summed E-state index contributed by atoms with van der Waals surface area (Å²) in [7, 11) is 0. The monoisotopic (exact) mass is 418 g/mol. The van der Waals surface area contributed by atoms with Crippen LogP contribution in [0.5, 0.6) is 0 Å². The lowest BCUT2D eigenvalue weighted by atomic mass is 9.55. The molecule has 1 fully saturated rings. The van der Waals surface area contributed by atoms with Crippen molar-refractivity contribution in [2.75, 3.05) is 6.54 Å². The molecule has 3 aliphatic carbocycles. The van der Waals surface area contributed by atoms with Crippen LogP contribution in [0.1, 0.15) is 39.7 Å². The van der Waals surface area contributed by atoms with Crippen LogP contribution in [0.25, 0.3) is 10.9 Å². The minimum Gasteiger partial charge on any atom is -0.361 e. The summed E-state index contributed by atoms with van der Waals surface area (Å²) in [5.41, 5.74) is 7.10. The van der Waals surface area contributed by atoms with E-state index in [0.717, 1.165) is 16.5 Å². The Labute approximate surface area is 185 Å². The number of hydrogen-bond acceptors (Lipinski definition) is 2. The molecular weight excluding hydrogens is 396 g/mol. The van der Waals surface area contributed by atoms with Gasteiger partial charge >= 0.3 is 0 Å². The predicted octanol–water partition coefficient (Wildman–Crippen LogP) is 4.60. The number of amides is 2. The van der Waals surface area contributed by atoms with E-state index in [0.29, 0.717) is 13.0 Å². The molecule has 1 N–H and O–H groups in total. The lowest BCUT2D eigenvalue weighted by molar-refractivity contribution is -0.139. The van der Waals surface area contributed by atoms with Gasteiger partial charge in [-0.15, -0.1) is 0 Å².